The topological polar surface area (TPSA) is 105 Å². The molecule has 0 aromatic heterocycles. The Balaban J connectivity index is 0.00000392. The molecule has 1 fully saturated rings. The largest absolute Gasteiger partial charge is 0.357 e. The highest BCUT2D eigenvalue weighted by atomic mass is 127. The molecule has 0 saturated heterocycles. The van der Waals surface area contributed by atoms with Crippen molar-refractivity contribution in [1.29, 1.82) is 0 Å². The smallest absolute Gasteiger partial charge is 0.191 e. The van der Waals surface area contributed by atoms with Gasteiger partial charge in [-0.2, -0.15) is 0 Å². The lowest BCUT2D eigenvalue weighted by Gasteiger charge is -2.17. The molecule has 2 N–H and O–H groups in total. The molecule has 0 bridgehead atoms. The second kappa shape index (κ2) is 9.75. The highest BCUT2D eigenvalue weighted by Crippen LogP contribution is 2.45. The molecule has 1 aliphatic carbocycles. The van der Waals surface area contributed by atoms with Crippen molar-refractivity contribution in [2.75, 3.05) is 31.4 Å². The van der Waals surface area contributed by atoms with Gasteiger partial charge >= 0.3 is 0 Å². The van der Waals surface area contributed by atoms with Gasteiger partial charge in [0.05, 0.1) is 17.2 Å². The summed E-state index contributed by atoms with van der Waals surface area (Å²) in [6.45, 7) is 5.40. The van der Waals surface area contributed by atoms with E-state index in [0.29, 0.717) is 36.1 Å². The SMILES string of the molecule is CCNC(=NCc1ccc(S(C)(=O)=O)c(C)c1)NCC1(CS(C)(=O)=O)CC1.I. The summed E-state index contributed by atoms with van der Waals surface area (Å²) in [5.41, 5.74) is 1.43. The molecule has 0 spiro atoms. The Bertz CT molecular complexity index is 924. The summed E-state index contributed by atoms with van der Waals surface area (Å²) in [7, 11) is -6.24. The number of rotatable bonds is 8. The summed E-state index contributed by atoms with van der Waals surface area (Å²) in [5.74, 6) is 0.820. The molecule has 160 valence electrons. The molecule has 0 aliphatic heterocycles. The number of hydrogen-bond acceptors (Lipinski definition) is 5. The number of aryl methyl sites for hydroxylation is 1. The third kappa shape index (κ3) is 7.86. The lowest BCUT2D eigenvalue weighted by molar-refractivity contribution is 0.529. The Morgan fingerprint density at radius 3 is 2.25 bits per heavy atom. The van der Waals surface area contributed by atoms with Gasteiger partial charge in [0.2, 0.25) is 0 Å². The van der Waals surface area contributed by atoms with Gasteiger partial charge in [-0.25, -0.2) is 21.8 Å². The molecule has 0 atom stereocenters. The average molecular weight is 543 g/mol. The zero-order valence-electron chi connectivity index (χ0n) is 16.8. The fourth-order valence-corrected chi connectivity index (χ4v) is 5.58. The van der Waals surface area contributed by atoms with E-state index in [1.54, 1.807) is 19.1 Å². The molecule has 1 saturated carbocycles. The summed E-state index contributed by atoms with van der Waals surface area (Å²) >= 11 is 0. The minimum atomic E-state index is -3.23. The van der Waals surface area contributed by atoms with E-state index in [1.807, 2.05) is 13.0 Å². The van der Waals surface area contributed by atoms with Gasteiger partial charge in [0.15, 0.2) is 15.8 Å². The van der Waals surface area contributed by atoms with Crippen LogP contribution in [0.5, 0.6) is 0 Å². The van der Waals surface area contributed by atoms with Gasteiger partial charge in [0, 0.05) is 31.0 Å². The van der Waals surface area contributed by atoms with Crippen molar-refractivity contribution >= 4 is 49.6 Å². The van der Waals surface area contributed by atoms with Crippen LogP contribution in [0.3, 0.4) is 0 Å². The minimum Gasteiger partial charge on any atom is -0.357 e. The van der Waals surface area contributed by atoms with E-state index in [9.17, 15) is 16.8 Å². The third-order valence-electron chi connectivity index (χ3n) is 4.56. The van der Waals surface area contributed by atoms with Crippen molar-refractivity contribution in [3.63, 3.8) is 0 Å². The number of nitrogens with zero attached hydrogens (tertiary/aromatic N) is 1. The molecule has 7 nitrogen and oxygen atoms in total. The van der Waals surface area contributed by atoms with Crippen molar-refractivity contribution in [2.24, 2.45) is 10.4 Å². The third-order valence-corrected chi connectivity index (χ3v) is 6.95. The number of sulfone groups is 2. The van der Waals surface area contributed by atoms with Crippen LogP contribution in [0.2, 0.25) is 0 Å². The predicted molar refractivity (Wildman–Crippen MR) is 124 cm³/mol. The minimum absolute atomic E-state index is 0. The lowest BCUT2D eigenvalue weighted by atomic mass is 10.1. The van der Waals surface area contributed by atoms with Crippen LogP contribution in [-0.2, 0) is 26.2 Å². The fraction of sp³-hybridized carbons (Fsp3) is 0.611. The lowest BCUT2D eigenvalue weighted by Crippen LogP contribution is -2.41. The Morgan fingerprint density at radius 1 is 1.14 bits per heavy atom. The van der Waals surface area contributed by atoms with Crippen molar-refractivity contribution in [3.8, 4) is 0 Å². The van der Waals surface area contributed by atoms with Crippen molar-refractivity contribution in [3.05, 3.63) is 29.3 Å². The van der Waals surface area contributed by atoms with E-state index in [4.69, 9.17) is 0 Å². The molecule has 0 radical (unpaired) electrons. The number of halogens is 1. The molecule has 1 aromatic carbocycles. The highest BCUT2D eigenvalue weighted by molar-refractivity contribution is 14.0. The standard InChI is InChI=1S/C18H29N3O4S2.HI/c1-5-19-17(21-12-18(8-9-18)13-26(3,22)23)20-11-15-6-7-16(14(2)10-15)27(4,24)25;/h6-7,10H,5,8-9,11-13H2,1-4H3,(H2,19,20,21);1H. The summed E-state index contributed by atoms with van der Waals surface area (Å²) in [5, 5.41) is 6.40. The zero-order valence-corrected chi connectivity index (χ0v) is 20.7. The zero-order chi connectivity index (χ0) is 20.3. The van der Waals surface area contributed by atoms with Gasteiger partial charge in [-0.3, -0.25) is 0 Å². The first-order chi connectivity index (χ1) is 12.4. The van der Waals surface area contributed by atoms with E-state index in [0.717, 1.165) is 18.4 Å². The second-order valence-electron chi connectivity index (χ2n) is 7.49. The molecule has 0 amide bonds. The van der Waals surface area contributed by atoms with Crippen LogP contribution in [0, 0.1) is 12.3 Å². The van der Waals surface area contributed by atoms with E-state index in [2.05, 4.69) is 15.6 Å². The number of nitrogens with one attached hydrogen (secondary N) is 2. The number of guanidine groups is 1. The monoisotopic (exact) mass is 543 g/mol. The summed E-state index contributed by atoms with van der Waals surface area (Å²) in [6, 6.07) is 5.21. The Kier molecular flexibility index (Phi) is 8.76. The molecular formula is C18H30IN3O4S2. The average Bonchev–Trinajstić information content (AvgIpc) is 3.26. The van der Waals surface area contributed by atoms with Crippen molar-refractivity contribution in [2.45, 2.75) is 38.1 Å². The van der Waals surface area contributed by atoms with Crippen LogP contribution in [0.15, 0.2) is 28.1 Å². The Labute approximate surface area is 185 Å². The first kappa shape index (κ1) is 25.2. The van der Waals surface area contributed by atoms with Crippen LogP contribution < -0.4 is 10.6 Å². The maximum Gasteiger partial charge on any atom is 0.191 e. The molecule has 0 unspecified atom stereocenters. The first-order valence-electron chi connectivity index (χ1n) is 8.94. The van der Waals surface area contributed by atoms with Gasteiger partial charge in [-0.1, -0.05) is 12.1 Å². The molecule has 2 rings (SSSR count). The molecule has 1 aliphatic rings. The second-order valence-corrected chi connectivity index (χ2v) is 11.6. The number of hydrogen-bond donors (Lipinski definition) is 2. The molecule has 0 heterocycles. The van der Waals surface area contributed by atoms with Crippen LogP contribution in [-0.4, -0.2) is 54.1 Å². The highest BCUT2D eigenvalue weighted by Gasteiger charge is 2.45. The van der Waals surface area contributed by atoms with Crippen LogP contribution in [0.1, 0.15) is 30.9 Å². The van der Waals surface area contributed by atoms with Crippen molar-refractivity contribution in [1.82, 2.24) is 10.6 Å². The number of aliphatic imine (C=N–C) groups is 1. The molecule has 28 heavy (non-hydrogen) atoms. The van der Waals surface area contributed by atoms with Crippen LogP contribution in [0.25, 0.3) is 0 Å². The fourth-order valence-electron chi connectivity index (χ4n) is 3.11. The first-order valence-corrected chi connectivity index (χ1v) is 12.9. The molecule has 1 aromatic rings. The molecule has 10 heteroatoms. The normalized spacial score (nSPS) is 16.2. The van der Waals surface area contributed by atoms with E-state index < -0.39 is 19.7 Å². The maximum atomic E-state index is 11.7. The van der Waals surface area contributed by atoms with Crippen molar-refractivity contribution < 1.29 is 16.8 Å². The molecular weight excluding hydrogens is 513 g/mol. The van der Waals surface area contributed by atoms with Gasteiger partial charge in [-0.15, -0.1) is 24.0 Å². The maximum absolute atomic E-state index is 11.7. The van der Waals surface area contributed by atoms with E-state index in [1.165, 1.54) is 12.5 Å². The van der Waals surface area contributed by atoms with E-state index >= 15 is 0 Å². The Hall–Kier alpha value is -0.880. The number of benzene rings is 1. The van der Waals surface area contributed by atoms with Gasteiger partial charge in [0.1, 0.15) is 9.84 Å². The summed E-state index contributed by atoms with van der Waals surface area (Å²) in [6.07, 6.45) is 4.27. The summed E-state index contributed by atoms with van der Waals surface area (Å²) < 4.78 is 46.6. The quantitative estimate of drug-likeness (QED) is 0.295. The van der Waals surface area contributed by atoms with Gasteiger partial charge in [-0.05, 0) is 43.9 Å². The van der Waals surface area contributed by atoms with Crippen LogP contribution in [0.4, 0.5) is 0 Å². The van der Waals surface area contributed by atoms with Gasteiger partial charge < -0.3 is 10.6 Å². The predicted octanol–water partition coefficient (Wildman–Crippen LogP) is 1.90. The Morgan fingerprint density at radius 2 is 1.79 bits per heavy atom. The van der Waals surface area contributed by atoms with Gasteiger partial charge in [0.25, 0.3) is 0 Å². The van der Waals surface area contributed by atoms with Crippen LogP contribution >= 0.6 is 24.0 Å². The van der Waals surface area contributed by atoms with E-state index in [-0.39, 0.29) is 35.1 Å². The summed E-state index contributed by atoms with van der Waals surface area (Å²) in [4.78, 5) is 4.87.